The first-order valence-electron chi connectivity index (χ1n) is 9.70. The Bertz CT molecular complexity index is 690. The summed E-state index contributed by atoms with van der Waals surface area (Å²) in [7, 11) is 0. The highest BCUT2D eigenvalue weighted by molar-refractivity contribution is 5.94. The molecule has 2 atom stereocenters. The van der Waals surface area contributed by atoms with Crippen LogP contribution in [0.2, 0.25) is 0 Å². The summed E-state index contributed by atoms with van der Waals surface area (Å²) in [6.07, 6.45) is 4.61. The Labute approximate surface area is 158 Å². The van der Waals surface area contributed by atoms with Crippen molar-refractivity contribution in [3.63, 3.8) is 0 Å². The smallest absolute Gasteiger partial charge is 0.254 e. The molecule has 1 saturated carbocycles. The van der Waals surface area contributed by atoms with Crippen molar-refractivity contribution in [1.82, 2.24) is 15.1 Å². The fourth-order valence-corrected chi connectivity index (χ4v) is 3.91. The third kappa shape index (κ3) is 5.03. The molecule has 1 aliphatic heterocycles. The number of nitrogens with zero attached hydrogens (tertiary/aromatic N) is 2. The number of rotatable bonds is 4. The van der Waals surface area contributed by atoms with Gasteiger partial charge in [0.15, 0.2) is 11.6 Å². The molecule has 0 spiro atoms. The van der Waals surface area contributed by atoms with Crippen molar-refractivity contribution in [2.45, 2.75) is 38.6 Å². The number of piperazine rings is 1. The van der Waals surface area contributed by atoms with Crippen LogP contribution in [0, 0.1) is 17.6 Å². The number of halogens is 2. The molecule has 2 aliphatic rings. The number of hydrogen-bond acceptors (Lipinski definition) is 3. The third-order valence-electron chi connectivity index (χ3n) is 5.65. The van der Waals surface area contributed by atoms with Crippen molar-refractivity contribution in [2.75, 3.05) is 32.7 Å². The zero-order valence-corrected chi connectivity index (χ0v) is 15.7. The molecule has 1 aliphatic carbocycles. The largest absolute Gasteiger partial charge is 0.352 e. The van der Waals surface area contributed by atoms with E-state index in [0.29, 0.717) is 38.6 Å². The van der Waals surface area contributed by atoms with Crippen molar-refractivity contribution in [3.8, 4) is 0 Å². The molecule has 2 amide bonds. The van der Waals surface area contributed by atoms with Gasteiger partial charge in [-0.1, -0.05) is 19.8 Å². The van der Waals surface area contributed by atoms with Gasteiger partial charge in [-0.2, -0.15) is 0 Å². The summed E-state index contributed by atoms with van der Waals surface area (Å²) >= 11 is 0. The van der Waals surface area contributed by atoms with E-state index in [4.69, 9.17) is 0 Å². The highest BCUT2D eigenvalue weighted by Gasteiger charge is 2.26. The minimum absolute atomic E-state index is 0.0362. The lowest BCUT2D eigenvalue weighted by molar-refractivity contribution is -0.123. The molecule has 5 nitrogen and oxygen atoms in total. The molecule has 1 aromatic rings. The van der Waals surface area contributed by atoms with Gasteiger partial charge in [0.2, 0.25) is 5.91 Å². The van der Waals surface area contributed by atoms with Gasteiger partial charge >= 0.3 is 0 Å². The van der Waals surface area contributed by atoms with E-state index >= 15 is 0 Å². The quantitative estimate of drug-likeness (QED) is 0.874. The fourth-order valence-electron chi connectivity index (χ4n) is 3.91. The molecule has 0 aromatic heterocycles. The summed E-state index contributed by atoms with van der Waals surface area (Å²) < 4.78 is 26.4. The summed E-state index contributed by atoms with van der Waals surface area (Å²) in [5.41, 5.74) is 0.145. The highest BCUT2D eigenvalue weighted by atomic mass is 19.2. The molecule has 148 valence electrons. The van der Waals surface area contributed by atoms with Crippen LogP contribution in [-0.2, 0) is 4.79 Å². The lowest BCUT2D eigenvalue weighted by atomic mass is 9.86. The molecule has 1 heterocycles. The first-order valence-corrected chi connectivity index (χ1v) is 9.70. The number of nitrogens with one attached hydrogen (secondary N) is 1. The summed E-state index contributed by atoms with van der Waals surface area (Å²) in [5, 5.41) is 3.15. The van der Waals surface area contributed by atoms with Crippen molar-refractivity contribution in [2.24, 2.45) is 5.92 Å². The minimum atomic E-state index is -1.02. The van der Waals surface area contributed by atoms with Gasteiger partial charge in [0, 0.05) is 37.8 Å². The molecule has 7 heteroatoms. The molecule has 1 saturated heterocycles. The van der Waals surface area contributed by atoms with Crippen molar-refractivity contribution >= 4 is 11.8 Å². The van der Waals surface area contributed by atoms with E-state index in [1.165, 1.54) is 18.9 Å². The Morgan fingerprint density at radius 3 is 2.44 bits per heavy atom. The highest BCUT2D eigenvalue weighted by Crippen LogP contribution is 2.23. The topological polar surface area (TPSA) is 52.7 Å². The average molecular weight is 379 g/mol. The average Bonchev–Trinajstić information content (AvgIpc) is 2.66. The second kappa shape index (κ2) is 8.78. The van der Waals surface area contributed by atoms with E-state index < -0.39 is 11.6 Å². The first-order chi connectivity index (χ1) is 12.9. The summed E-state index contributed by atoms with van der Waals surface area (Å²) in [6, 6.07) is 3.46. The lowest BCUT2D eigenvalue weighted by Gasteiger charge is -2.35. The van der Waals surface area contributed by atoms with Crippen LogP contribution in [-0.4, -0.2) is 60.4 Å². The van der Waals surface area contributed by atoms with Gasteiger partial charge in [-0.05, 0) is 37.0 Å². The Kier molecular flexibility index (Phi) is 6.42. The zero-order chi connectivity index (χ0) is 19.4. The summed E-state index contributed by atoms with van der Waals surface area (Å²) in [6.45, 7) is 4.62. The maximum atomic E-state index is 13.3. The van der Waals surface area contributed by atoms with Crippen LogP contribution >= 0.6 is 0 Å². The number of hydrogen-bond donors (Lipinski definition) is 1. The van der Waals surface area contributed by atoms with Crippen LogP contribution < -0.4 is 5.32 Å². The van der Waals surface area contributed by atoms with Crippen LogP contribution in [0.15, 0.2) is 18.2 Å². The van der Waals surface area contributed by atoms with Crippen molar-refractivity contribution in [1.29, 1.82) is 0 Å². The van der Waals surface area contributed by atoms with Crippen LogP contribution in [0.1, 0.15) is 43.0 Å². The lowest BCUT2D eigenvalue weighted by Crippen LogP contribution is -2.52. The Hall–Kier alpha value is -2.02. The summed E-state index contributed by atoms with van der Waals surface area (Å²) in [4.78, 5) is 28.4. The standard InChI is InChI=1S/C20H27F2N3O2/c1-14-4-2-3-5-18(14)23-19(26)13-24-8-10-25(11-9-24)20(27)15-6-7-16(21)17(22)12-15/h6-7,12,14,18H,2-5,8-11,13H2,1H3,(H,23,26)/t14-,18-/m0/s1. The molecule has 0 bridgehead atoms. The normalized spacial score (nSPS) is 23.9. The molecule has 3 rings (SSSR count). The van der Waals surface area contributed by atoms with Crippen LogP contribution in [0.25, 0.3) is 0 Å². The predicted molar refractivity (Wildman–Crippen MR) is 98.3 cm³/mol. The second-order valence-corrected chi connectivity index (χ2v) is 7.63. The zero-order valence-electron chi connectivity index (χ0n) is 15.7. The molecule has 1 N–H and O–H groups in total. The predicted octanol–water partition coefficient (Wildman–Crippen LogP) is 2.42. The van der Waals surface area contributed by atoms with E-state index in [9.17, 15) is 18.4 Å². The second-order valence-electron chi connectivity index (χ2n) is 7.63. The van der Waals surface area contributed by atoms with Gasteiger partial charge in [0.25, 0.3) is 5.91 Å². The molecular weight excluding hydrogens is 352 g/mol. The minimum Gasteiger partial charge on any atom is -0.352 e. The molecule has 1 aromatic carbocycles. The maximum absolute atomic E-state index is 13.3. The maximum Gasteiger partial charge on any atom is 0.254 e. The molecule has 27 heavy (non-hydrogen) atoms. The number of benzene rings is 1. The van der Waals surface area contributed by atoms with E-state index in [1.54, 1.807) is 4.90 Å². The van der Waals surface area contributed by atoms with E-state index in [0.717, 1.165) is 25.0 Å². The third-order valence-corrected chi connectivity index (χ3v) is 5.65. The van der Waals surface area contributed by atoms with E-state index in [-0.39, 0.29) is 23.4 Å². The number of carbonyl (C=O) groups excluding carboxylic acids is 2. The van der Waals surface area contributed by atoms with E-state index in [1.807, 2.05) is 4.90 Å². The monoisotopic (exact) mass is 379 g/mol. The van der Waals surface area contributed by atoms with Crippen molar-refractivity contribution in [3.05, 3.63) is 35.4 Å². The Morgan fingerprint density at radius 1 is 1.07 bits per heavy atom. The van der Waals surface area contributed by atoms with Gasteiger partial charge in [0.1, 0.15) is 0 Å². The van der Waals surface area contributed by atoms with Crippen LogP contribution in [0.3, 0.4) is 0 Å². The molecule has 0 radical (unpaired) electrons. The van der Waals surface area contributed by atoms with Gasteiger partial charge in [-0.3, -0.25) is 14.5 Å². The van der Waals surface area contributed by atoms with Gasteiger partial charge in [0.05, 0.1) is 6.54 Å². The molecular formula is C20H27F2N3O2. The van der Waals surface area contributed by atoms with Gasteiger partial charge in [-0.15, -0.1) is 0 Å². The molecule has 0 unspecified atom stereocenters. The molecule has 2 fully saturated rings. The van der Waals surface area contributed by atoms with Gasteiger partial charge < -0.3 is 10.2 Å². The van der Waals surface area contributed by atoms with Crippen LogP contribution in [0.4, 0.5) is 8.78 Å². The van der Waals surface area contributed by atoms with Gasteiger partial charge in [-0.25, -0.2) is 8.78 Å². The first kappa shape index (κ1) is 19.7. The number of carbonyl (C=O) groups is 2. The van der Waals surface area contributed by atoms with E-state index in [2.05, 4.69) is 12.2 Å². The fraction of sp³-hybridized carbons (Fsp3) is 0.600. The summed E-state index contributed by atoms with van der Waals surface area (Å²) in [5.74, 6) is -1.74. The van der Waals surface area contributed by atoms with Crippen LogP contribution in [0.5, 0.6) is 0 Å². The SMILES string of the molecule is C[C@H]1CCCC[C@@H]1NC(=O)CN1CCN(C(=O)c2ccc(F)c(F)c2)CC1. The van der Waals surface area contributed by atoms with Crippen molar-refractivity contribution < 1.29 is 18.4 Å². The number of amides is 2. The Balaban J connectivity index is 1.46. The Morgan fingerprint density at radius 2 is 1.78 bits per heavy atom.